The van der Waals surface area contributed by atoms with Crippen LogP contribution in [-0.2, 0) is 4.79 Å². The van der Waals surface area contributed by atoms with Crippen LogP contribution in [-0.4, -0.2) is 54.4 Å². The molecule has 0 unspecified atom stereocenters. The number of piperidine rings is 2. The number of carbonyl (C=O) groups is 2. The van der Waals surface area contributed by atoms with Crippen LogP contribution in [0.5, 0.6) is 5.75 Å². The van der Waals surface area contributed by atoms with Gasteiger partial charge in [-0.15, -0.1) is 0 Å². The zero-order chi connectivity index (χ0) is 17.6. The number of nitrogens with zero attached hydrogens (tertiary/aromatic N) is 2. The predicted molar refractivity (Wildman–Crippen MR) is 96.7 cm³/mol. The number of amides is 2. The van der Waals surface area contributed by atoms with Crippen LogP contribution < -0.4 is 4.74 Å². The Morgan fingerprint density at radius 1 is 1.08 bits per heavy atom. The Morgan fingerprint density at radius 3 is 2.60 bits per heavy atom. The number of carbonyl (C=O) groups excluding carboxylic acids is 2. The summed E-state index contributed by atoms with van der Waals surface area (Å²) in [6.07, 6.45) is 5.51. The molecular weight excluding hydrogens is 316 g/mol. The van der Waals surface area contributed by atoms with Gasteiger partial charge in [0.2, 0.25) is 5.91 Å². The molecule has 0 aromatic heterocycles. The van der Waals surface area contributed by atoms with Crippen LogP contribution in [0.3, 0.4) is 0 Å². The molecule has 5 nitrogen and oxygen atoms in total. The van der Waals surface area contributed by atoms with Crippen LogP contribution in [0.15, 0.2) is 24.3 Å². The number of benzene rings is 1. The van der Waals surface area contributed by atoms with Gasteiger partial charge >= 0.3 is 0 Å². The number of likely N-dealkylation sites (tertiary alicyclic amines) is 2. The molecule has 136 valence electrons. The topological polar surface area (TPSA) is 49.9 Å². The Bertz CT molecular complexity index is 611. The van der Waals surface area contributed by atoms with E-state index in [2.05, 4.69) is 0 Å². The fourth-order valence-electron chi connectivity index (χ4n) is 3.70. The lowest BCUT2D eigenvalue weighted by Crippen LogP contribution is -2.40. The second-order valence-corrected chi connectivity index (χ2v) is 7.16. The lowest BCUT2D eigenvalue weighted by atomic mass is 9.99. The summed E-state index contributed by atoms with van der Waals surface area (Å²) in [6, 6.07) is 7.50. The molecule has 2 aliphatic heterocycles. The maximum atomic E-state index is 12.6. The molecule has 0 saturated carbocycles. The van der Waals surface area contributed by atoms with Crippen LogP contribution in [0.25, 0.3) is 0 Å². The van der Waals surface area contributed by atoms with E-state index in [1.807, 2.05) is 34.1 Å². The maximum Gasteiger partial charge on any atom is 0.253 e. The largest absolute Gasteiger partial charge is 0.493 e. The number of ether oxygens (including phenoxy) is 1. The summed E-state index contributed by atoms with van der Waals surface area (Å²) >= 11 is 0. The van der Waals surface area contributed by atoms with Crippen molar-refractivity contribution in [2.24, 2.45) is 5.92 Å². The quantitative estimate of drug-likeness (QED) is 0.844. The van der Waals surface area contributed by atoms with Crippen molar-refractivity contribution in [2.75, 3.05) is 32.8 Å². The standard InChI is InChI=1S/C20H28N2O3/c1-16(23)22-12-6-7-17(14-22)15-25-19-9-5-8-18(13-19)20(24)21-10-3-2-4-11-21/h5,8-9,13,17H,2-4,6-7,10-12,14-15H2,1H3/t17-/m1/s1. The van der Waals surface area contributed by atoms with Crippen LogP contribution >= 0.6 is 0 Å². The number of rotatable bonds is 4. The highest BCUT2D eigenvalue weighted by Gasteiger charge is 2.22. The monoisotopic (exact) mass is 344 g/mol. The zero-order valence-corrected chi connectivity index (χ0v) is 15.1. The minimum absolute atomic E-state index is 0.102. The lowest BCUT2D eigenvalue weighted by molar-refractivity contribution is -0.130. The fourth-order valence-corrected chi connectivity index (χ4v) is 3.70. The molecular formula is C20H28N2O3. The highest BCUT2D eigenvalue weighted by Crippen LogP contribution is 2.21. The van der Waals surface area contributed by atoms with Crippen molar-refractivity contribution in [3.05, 3.63) is 29.8 Å². The Labute approximate surface area is 149 Å². The zero-order valence-electron chi connectivity index (χ0n) is 15.1. The Balaban J connectivity index is 1.56. The van der Waals surface area contributed by atoms with Gasteiger partial charge in [-0.2, -0.15) is 0 Å². The first kappa shape index (κ1) is 17.8. The van der Waals surface area contributed by atoms with Crippen molar-refractivity contribution in [2.45, 2.75) is 39.0 Å². The van der Waals surface area contributed by atoms with Gasteiger partial charge in [-0.05, 0) is 50.3 Å². The molecule has 2 fully saturated rings. The van der Waals surface area contributed by atoms with Crippen molar-refractivity contribution >= 4 is 11.8 Å². The maximum absolute atomic E-state index is 12.6. The third-order valence-electron chi connectivity index (χ3n) is 5.17. The average molecular weight is 344 g/mol. The van der Waals surface area contributed by atoms with Crippen molar-refractivity contribution in [1.29, 1.82) is 0 Å². The van der Waals surface area contributed by atoms with Crippen LogP contribution in [0.1, 0.15) is 49.4 Å². The normalized spacial score (nSPS) is 21.1. The average Bonchev–Trinajstić information content (AvgIpc) is 2.67. The first-order valence-electron chi connectivity index (χ1n) is 9.41. The Kier molecular flexibility index (Phi) is 5.95. The SMILES string of the molecule is CC(=O)N1CCC[C@@H](COc2cccc(C(=O)N3CCCCC3)c2)C1. The molecule has 1 atom stereocenters. The molecule has 0 radical (unpaired) electrons. The summed E-state index contributed by atoms with van der Waals surface area (Å²) in [5.74, 6) is 1.34. The molecule has 2 saturated heterocycles. The summed E-state index contributed by atoms with van der Waals surface area (Å²) in [5, 5.41) is 0. The number of hydrogen-bond acceptors (Lipinski definition) is 3. The molecule has 1 aromatic carbocycles. The minimum Gasteiger partial charge on any atom is -0.493 e. The lowest BCUT2D eigenvalue weighted by Gasteiger charge is -2.32. The summed E-state index contributed by atoms with van der Waals surface area (Å²) in [6.45, 7) is 5.54. The van der Waals surface area contributed by atoms with Gasteiger partial charge in [0.1, 0.15) is 5.75 Å². The van der Waals surface area contributed by atoms with Gasteiger partial charge in [0, 0.05) is 44.6 Å². The minimum atomic E-state index is 0.102. The molecule has 5 heteroatoms. The summed E-state index contributed by atoms with van der Waals surface area (Å²) < 4.78 is 5.94. The number of hydrogen-bond donors (Lipinski definition) is 0. The van der Waals surface area contributed by atoms with Gasteiger partial charge in [0.05, 0.1) is 6.61 Å². The molecule has 25 heavy (non-hydrogen) atoms. The molecule has 0 aliphatic carbocycles. The van der Waals surface area contributed by atoms with Crippen molar-refractivity contribution in [3.8, 4) is 5.75 Å². The molecule has 0 spiro atoms. The van der Waals surface area contributed by atoms with Crippen LogP contribution in [0.2, 0.25) is 0 Å². The molecule has 1 aromatic rings. The van der Waals surface area contributed by atoms with Gasteiger partial charge in [-0.1, -0.05) is 6.07 Å². The van der Waals surface area contributed by atoms with E-state index < -0.39 is 0 Å². The highest BCUT2D eigenvalue weighted by molar-refractivity contribution is 5.94. The Morgan fingerprint density at radius 2 is 1.84 bits per heavy atom. The van der Waals surface area contributed by atoms with E-state index in [0.717, 1.165) is 57.6 Å². The van der Waals surface area contributed by atoms with Gasteiger partial charge < -0.3 is 14.5 Å². The van der Waals surface area contributed by atoms with Crippen LogP contribution in [0.4, 0.5) is 0 Å². The Hall–Kier alpha value is -2.04. The van der Waals surface area contributed by atoms with E-state index in [1.54, 1.807) is 6.92 Å². The molecule has 0 N–H and O–H groups in total. The van der Waals surface area contributed by atoms with Crippen molar-refractivity contribution in [3.63, 3.8) is 0 Å². The predicted octanol–water partition coefficient (Wildman–Crippen LogP) is 2.95. The first-order valence-corrected chi connectivity index (χ1v) is 9.41. The molecule has 0 bridgehead atoms. The molecule has 2 heterocycles. The van der Waals surface area contributed by atoms with Gasteiger partial charge in [-0.25, -0.2) is 0 Å². The third kappa shape index (κ3) is 4.74. The van der Waals surface area contributed by atoms with E-state index in [9.17, 15) is 9.59 Å². The second-order valence-electron chi connectivity index (χ2n) is 7.16. The van der Waals surface area contributed by atoms with E-state index in [1.165, 1.54) is 6.42 Å². The third-order valence-corrected chi connectivity index (χ3v) is 5.17. The first-order chi connectivity index (χ1) is 12.1. The van der Waals surface area contributed by atoms with E-state index in [0.29, 0.717) is 18.1 Å². The van der Waals surface area contributed by atoms with Crippen molar-refractivity contribution < 1.29 is 14.3 Å². The van der Waals surface area contributed by atoms with Gasteiger partial charge in [0.25, 0.3) is 5.91 Å². The van der Waals surface area contributed by atoms with Crippen LogP contribution in [0, 0.1) is 5.92 Å². The van der Waals surface area contributed by atoms with Gasteiger partial charge in [0.15, 0.2) is 0 Å². The summed E-state index contributed by atoms with van der Waals surface area (Å²) in [5.41, 5.74) is 0.702. The fraction of sp³-hybridized carbons (Fsp3) is 0.600. The summed E-state index contributed by atoms with van der Waals surface area (Å²) in [4.78, 5) is 28.0. The summed E-state index contributed by atoms with van der Waals surface area (Å²) in [7, 11) is 0. The highest BCUT2D eigenvalue weighted by atomic mass is 16.5. The van der Waals surface area contributed by atoms with E-state index in [-0.39, 0.29) is 11.8 Å². The van der Waals surface area contributed by atoms with E-state index >= 15 is 0 Å². The van der Waals surface area contributed by atoms with Gasteiger partial charge in [-0.3, -0.25) is 9.59 Å². The molecule has 3 rings (SSSR count). The molecule has 2 aliphatic rings. The van der Waals surface area contributed by atoms with Crippen molar-refractivity contribution in [1.82, 2.24) is 9.80 Å². The molecule has 2 amide bonds. The smallest absolute Gasteiger partial charge is 0.253 e. The second kappa shape index (κ2) is 8.37. The van der Waals surface area contributed by atoms with E-state index in [4.69, 9.17) is 4.74 Å².